The second-order valence-corrected chi connectivity index (χ2v) is 22.6. The summed E-state index contributed by atoms with van der Waals surface area (Å²) in [4.78, 5) is 83.9. The molecule has 1 aromatic carbocycles. The molecule has 76 heavy (non-hydrogen) atoms. The Balaban J connectivity index is 0.836. The number of carbonyl (C=O) groups excluding carboxylic acids is 4. The number of hydrogen-bond acceptors (Lipinski definition) is 11. The average molecular weight is 1070 g/mol. The number of amides is 5. The van der Waals surface area contributed by atoms with Gasteiger partial charge in [-0.1, -0.05) is 65.5 Å². The minimum Gasteiger partial charge on any atom is -0.481 e. The van der Waals surface area contributed by atoms with Crippen LogP contribution in [0, 0.1) is 46.3 Å². The molecule has 3 saturated carbocycles. The lowest BCUT2D eigenvalue weighted by atomic mass is 9.47. The van der Waals surface area contributed by atoms with Crippen molar-refractivity contribution in [3.63, 3.8) is 0 Å². The molecule has 0 aliphatic heterocycles. The third kappa shape index (κ3) is 18.4. The third-order valence-electron chi connectivity index (χ3n) is 17.0. The Morgan fingerprint density at radius 3 is 1.87 bits per heavy atom. The van der Waals surface area contributed by atoms with Crippen LogP contribution in [0.4, 0.5) is 9.59 Å². The highest BCUT2D eigenvalue weighted by molar-refractivity contribution is 5.97. The fraction of sp³-hybridized carbons (Fsp3) is 0.737. The number of benzene rings is 1. The molecule has 1 aromatic rings. The van der Waals surface area contributed by atoms with E-state index in [-0.39, 0.29) is 56.1 Å². The maximum atomic E-state index is 12.8. The topological polar surface area (TPSA) is 277 Å². The van der Waals surface area contributed by atoms with Crippen molar-refractivity contribution < 1.29 is 67.8 Å². The fourth-order valence-electron chi connectivity index (χ4n) is 12.9. The van der Waals surface area contributed by atoms with Crippen LogP contribution in [0.25, 0.3) is 0 Å². The first kappa shape index (κ1) is 61.6. The van der Waals surface area contributed by atoms with E-state index in [2.05, 4.69) is 67.3 Å². The summed E-state index contributed by atoms with van der Waals surface area (Å²) >= 11 is 0. The first-order valence-electron chi connectivity index (χ1n) is 28.1. The van der Waals surface area contributed by atoms with E-state index < -0.39 is 48.4 Å². The lowest BCUT2D eigenvalue weighted by molar-refractivity contribution is -0.140. The normalized spacial score (nSPS) is 24.8. The molecule has 0 bridgehead atoms. The van der Waals surface area contributed by atoms with Gasteiger partial charge in [0.25, 0.3) is 11.8 Å². The lowest BCUT2D eigenvalue weighted by Crippen LogP contribution is -2.51. The van der Waals surface area contributed by atoms with Crippen LogP contribution in [0.15, 0.2) is 35.9 Å². The largest absolute Gasteiger partial charge is 0.481 e. The summed E-state index contributed by atoms with van der Waals surface area (Å²) in [5.74, 6) is 0.0558. The van der Waals surface area contributed by atoms with Gasteiger partial charge in [-0.3, -0.25) is 14.4 Å². The van der Waals surface area contributed by atoms with Gasteiger partial charge in [-0.25, -0.2) is 19.2 Å². The third-order valence-corrected chi connectivity index (χ3v) is 17.0. The van der Waals surface area contributed by atoms with Gasteiger partial charge in [0.15, 0.2) is 0 Å². The van der Waals surface area contributed by atoms with E-state index in [0.29, 0.717) is 75.4 Å². The SMILES string of the molecule is CC(C)CCC[C@@H](C)[C@H]1CC[C@H]2[C@@H]3CC=C4CC(OC(=O)NCCCOCCOCCOCCNC(=O)c5ccc(C(=O)NCCCC[C@H](NC(=O)N[C@@H](CCC(=O)O)C(=O)O)C(=O)O)cc5)CC[C@]4(C)[C@H]3CC[C@]12C. The molecule has 19 heteroatoms. The Morgan fingerprint density at radius 1 is 0.632 bits per heavy atom. The minimum atomic E-state index is -1.51. The van der Waals surface area contributed by atoms with Crippen LogP contribution in [0.3, 0.4) is 0 Å². The fourth-order valence-corrected chi connectivity index (χ4v) is 12.9. The van der Waals surface area contributed by atoms with Crippen molar-refractivity contribution in [3.8, 4) is 0 Å². The van der Waals surface area contributed by atoms with Crippen molar-refractivity contribution in [2.45, 2.75) is 162 Å². The molecule has 0 spiro atoms. The van der Waals surface area contributed by atoms with Crippen LogP contribution in [-0.4, -0.2) is 135 Å². The number of aliphatic carboxylic acids is 3. The Kier molecular flexibility index (Phi) is 24.8. The van der Waals surface area contributed by atoms with Crippen molar-refractivity contribution in [1.29, 1.82) is 0 Å². The highest BCUT2D eigenvalue weighted by Crippen LogP contribution is 2.67. The number of unbranched alkanes of at least 4 members (excludes halogenated alkanes) is 1. The number of rotatable bonds is 33. The van der Waals surface area contributed by atoms with E-state index >= 15 is 0 Å². The summed E-state index contributed by atoms with van der Waals surface area (Å²) in [7, 11) is 0. The standard InChI is InChI=1S/C57H89N5O14/c1-37(2)10-8-11-38(3)44-19-20-45-43-18-17-41-36-42(23-25-56(41,4)46(43)24-26-57(44,45)5)76-55(72)60-28-9-30-73-32-34-75-35-33-74-31-29-59-51(66)40-15-13-39(14-16-40)50(65)58-27-7-6-12-47(52(67)68)61-54(71)62-48(53(69)70)21-22-49(63)64/h13-17,37-38,42-48H,6-12,18-36H2,1-5H3,(H,58,65)(H,59,66)(H,60,72)(H,63,64)(H,67,68)(H,69,70)(H2,61,62,71)/t38-,42?,43+,44-,45+,46+,47+,48+,56+,57-/m1/s1. The highest BCUT2D eigenvalue weighted by Gasteiger charge is 2.59. The average Bonchev–Trinajstić information content (AvgIpc) is 3.82. The first-order valence-corrected chi connectivity index (χ1v) is 28.1. The van der Waals surface area contributed by atoms with Crippen molar-refractivity contribution in [2.24, 2.45) is 46.3 Å². The van der Waals surface area contributed by atoms with Gasteiger partial charge in [-0.05, 0) is 148 Å². The molecule has 8 N–H and O–H groups in total. The van der Waals surface area contributed by atoms with Gasteiger partial charge >= 0.3 is 30.0 Å². The van der Waals surface area contributed by atoms with Gasteiger partial charge in [-0.2, -0.15) is 0 Å². The molecule has 4 aliphatic carbocycles. The first-order chi connectivity index (χ1) is 36.3. The number of ether oxygens (including phenoxy) is 4. The van der Waals surface area contributed by atoms with E-state index in [0.717, 1.165) is 54.8 Å². The number of nitrogens with one attached hydrogen (secondary N) is 5. The number of alkyl carbamates (subject to hydrolysis) is 1. The summed E-state index contributed by atoms with van der Waals surface area (Å²) in [5.41, 5.74) is 2.89. The molecule has 3 fully saturated rings. The van der Waals surface area contributed by atoms with Gasteiger partial charge in [0.05, 0.1) is 33.0 Å². The number of fused-ring (bicyclic) bond motifs is 5. The van der Waals surface area contributed by atoms with E-state index in [9.17, 15) is 43.8 Å². The molecular weight excluding hydrogens is 979 g/mol. The van der Waals surface area contributed by atoms with Crippen LogP contribution >= 0.6 is 0 Å². The maximum Gasteiger partial charge on any atom is 0.407 e. The summed E-state index contributed by atoms with van der Waals surface area (Å²) in [5, 5.41) is 40.1. The monoisotopic (exact) mass is 1070 g/mol. The molecule has 4 aliphatic rings. The Hall–Kier alpha value is -5.27. The Morgan fingerprint density at radius 2 is 1.24 bits per heavy atom. The Bertz CT molecular complexity index is 2100. The van der Waals surface area contributed by atoms with Crippen LogP contribution < -0.4 is 26.6 Å². The molecule has 10 atom stereocenters. The maximum absolute atomic E-state index is 12.8. The minimum absolute atomic E-state index is 0.00963. The van der Waals surface area contributed by atoms with E-state index in [1.54, 1.807) is 0 Å². The van der Waals surface area contributed by atoms with Crippen LogP contribution in [0.2, 0.25) is 0 Å². The zero-order valence-corrected chi connectivity index (χ0v) is 45.8. The molecule has 1 unspecified atom stereocenters. The Labute approximate surface area is 449 Å². The number of allylic oxidation sites excluding steroid dienone is 1. The van der Waals surface area contributed by atoms with Crippen molar-refractivity contribution in [2.75, 3.05) is 59.3 Å². The van der Waals surface area contributed by atoms with Gasteiger partial charge < -0.3 is 60.9 Å². The summed E-state index contributed by atoms with van der Waals surface area (Å²) in [6.07, 6.45) is 16.2. The summed E-state index contributed by atoms with van der Waals surface area (Å²) in [6, 6.07) is 2.15. The summed E-state index contributed by atoms with van der Waals surface area (Å²) < 4.78 is 22.8. The molecular formula is C57H89N5O14. The van der Waals surface area contributed by atoms with Gasteiger partial charge in [0.2, 0.25) is 0 Å². The molecule has 5 rings (SSSR count). The molecule has 0 aromatic heterocycles. The summed E-state index contributed by atoms with van der Waals surface area (Å²) in [6.45, 7) is 15.6. The molecule has 19 nitrogen and oxygen atoms in total. The molecule has 426 valence electrons. The zero-order chi connectivity index (χ0) is 55.3. The van der Waals surface area contributed by atoms with Gasteiger partial charge in [0, 0.05) is 50.2 Å². The number of carboxylic acid groups (broad SMARTS) is 3. The van der Waals surface area contributed by atoms with Crippen molar-refractivity contribution >= 4 is 41.8 Å². The van der Waals surface area contributed by atoms with Gasteiger partial charge in [0.1, 0.15) is 18.2 Å². The second-order valence-electron chi connectivity index (χ2n) is 22.6. The second kappa shape index (κ2) is 30.6. The van der Waals surface area contributed by atoms with E-state index in [4.69, 9.17) is 24.1 Å². The smallest absolute Gasteiger partial charge is 0.407 e. The number of carboxylic acids is 3. The lowest BCUT2D eigenvalue weighted by Gasteiger charge is -2.58. The van der Waals surface area contributed by atoms with Gasteiger partial charge in [-0.15, -0.1) is 0 Å². The number of urea groups is 1. The zero-order valence-electron chi connectivity index (χ0n) is 45.8. The highest BCUT2D eigenvalue weighted by atomic mass is 16.6. The number of hydrogen-bond donors (Lipinski definition) is 8. The molecule has 0 radical (unpaired) electrons. The van der Waals surface area contributed by atoms with Crippen molar-refractivity contribution in [3.05, 3.63) is 47.0 Å². The van der Waals surface area contributed by atoms with E-state index in [1.807, 2.05) is 0 Å². The molecule has 0 saturated heterocycles. The van der Waals surface area contributed by atoms with Crippen LogP contribution in [-0.2, 0) is 33.3 Å². The molecule has 5 amide bonds. The van der Waals surface area contributed by atoms with E-state index in [1.165, 1.54) is 81.2 Å². The predicted molar refractivity (Wildman–Crippen MR) is 285 cm³/mol. The van der Waals surface area contributed by atoms with Crippen LogP contribution in [0.1, 0.15) is 164 Å². The predicted octanol–water partition coefficient (Wildman–Crippen LogP) is 7.96. The quantitative estimate of drug-likeness (QED) is 0.0245. The molecule has 0 heterocycles. The number of carbonyl (C=O) groups is 7. The van der Waals surface area contributed by atoms with Crippen molar-refractivity contribution in [1.82, 2.24) is 26.6 Å². The van der Waals surface area contributed by atoms with Crippen LogP contribution in [0.5, 0.6) is 0 Å².